The number of amides is 1. The van der Waals surface area contributed by atoms with Crippen LogP contribution in [0.25, 0.3) is 10.2 Å². The molecule has 0 bridgehead atoms. The molecule has 0 spiro atoms. The normalized spacial score (nSPS) is 10.9. The molecule has 27 heavy (non-hydrogen) atoms. The second kappa shape index (κ2) is 7.47. The third kappa shape index (κ3) is 3.56. The van der Waals surface area contributed by atoms with Crippen molar-refractivity contribution in [3.63, 3.8) is 0 Å². The van der Waals surface area contributed by atoms with Crippen molar-refractivity contribution in [2.75, 3.05) is 4.90 Å². The third-order valence-electron chi connectivity index (χ3n) is 4.23. The van der Waals surface area contributed by atoms with E-state index in [4.69, 9.17) is 16.6 Å². The van der Waals surface area contributed by atoms with E-state index in [-0.39, 0.29) is 5.91 Å². The second-order valence-corrected chi connectivity index (χ2v) is 7.50. The molecule has 0 aliphatic heterocycles. The first-order valence-electron chi connectivity index (χ1n) is 8.46. The van der Waals surface area contributed by atoms with Gasteiger partial charge in [0.2, 0.25) is 0 Å². The van der Waals surface area contributed by atoms with E-state index in [1.54, 1.807) is 23.2 Å². The highest BCUT2D eigenvalue weighted by atomic mass is 35.5. The zero-order valence-corrected chi connectivity index (χ0v) is 16.2. The van der Waals surface area contributed by atoms with Gasteiger partial charge in [0, 0.05) is 11.8 Å². The Hall–Kier alpha value is -2.76. The first-order valence-corrected chi connectivity index (χ1v) is 9.65. The number of fused-ring (bicyclic) bond motifs is 1. The average Bonchev–Trinajstić information content (AvgIpc) is 3.16. The quantitative estimate of drug-likeness (QED) is 0.460. The molecule has 4 rings (SSSR count). The fourth-order valence-corrected chi connectivity index (χ4v) is 4.14. The number of halogens is 1. The lowest BCUT2D eigenvalue weighted by atomic mass is 10.2. The Morgan fingerprint density at radius 3 is 2.56 bits per heavy atom. The molecule has 0 atom stereocenters. The molecule has 0 aliphatic rings. The smallest absolute Gasteiger partial charge is 0.260 e. The molecule has 0 radical (unpaired) electrons. The zero-order chi connectivity index (χ0) is 18.8. The van der Waals surface area contributed by atoms with Crippen LogP contribution in [0.1, 0.15) is 21.6 Å². The van der Waals surface area contributed by atoms with Crippen LogP contribution in [0.2, 0.25) is 5.02 Å². The molecule has 2 heterocycles. The number of thiazole rings is 1. The summed E-state index contributed by atoms with van der Waals surface area (Å²) >= 11 is 7.78. The number of carbonyl (C=O) groups excluding carboxylic acids is 1. The summed E-state index contributed by atoms with van der Waals surface area (Å²) in [6.45, 7) is 2.33. The SMILES string of the molecule is Cc1ccc(Cl)c2sc(N(Cc3ccccn3)C(=O)c3ccccc3)nc12. The van der Waals surface area contributed by atoms with Gasteiger partial charge < -0.3 is 0 Å². The van der Waals surface area contributed by atoms with Crippen LogP contribution in [0.5, 0.6) is 0 Å². The van der Waals surface area contributed by atoms with E-state index in [0.717, 1.165) is 21.5 Å². The lowest BCUT2D eigenvalue weighted by Gasteiger charge is -2.19. The topological polar surface area (TPSA) is 46.1 Å². The van der Waals surface area contributed by atoms with Crippen LogP contribution < -0.4 is 4.90 Å². The molecule has 4 nitrogen and oxygen atoms in total. The van der Waals surface area contributed by atoms with Gasteiger partial charge >= 0.3 is 0 Å². The number of benzene rings is 2. The number of hydrogen-bond donors (Lipinski definition) is 0. The van der Waals surface area contributed by atoms with Crippen LogP contribution in [0.3, 0.4) is 0 Å². The molecule has 0 unspecified atom stereocenters. The van der Waals surface area contributed by atoms with Crippen LogP contribution in [0.15, 0.2) is 66.9 Å². The fraction of sp³-hybridized carbons (Fsp3) is 0.0952. The van der Waals surface area contributed by atoms with Crippen LogP contribution in [0, 0.1) is 6.92 Å². The molecule has 2 aromatic carbocycles. The van der Waals surface area contributed by atoms with E-state index in [1.165, 1.54) is 11.3 Å². The highest BCUT2D eigenvalue weighted by Gasteiger charge is 2.23. The van der Waals surface area contributed by atoms with Gasteiger partial charge in [-0.1, -0.05) is 53.3 Å². The van der Waals surface area contributed by atoms with E-state index in [9.17, 15) is 4.79 Å². The summed E-state index contributed by atoms with van der Waals surface area (Å²) in [4.78, 5) is 24.0. The number of carbonyl (C=O) groups is 1. The summed E-state index contributed by atoms with van der Waals surface area (Å²) in [5.74, 6) is -0.117. The molecule has 134 valence electrons. The van der Waals surface area contributed by atoms with Gasteiger partial charge in [-0.15, -0.1) is 0 Å². The van der Waals surface area contributed by atoms with E-state index in [2.05, 4.69) is 4.98 Å². The van der Waals surface area contributed by atoms with Crippen molar-refractivity contribution in [1.29, 1.82) is 0 Å². The first kappa shape index (κ1) is 17.6. The maximum absolute atomic E-state index is 13.2. The maximum Gasteiger partial charge on any atom is 0.260 e. The molecular weight excluding hydrogens is 378 g/mol. The van der Waals surface area contributed by atoms with Crippen molar-refractivity contribution in [3.05, 3.63) is 88.7 Å². The molecule has 0 aliphatic carbocycles. The minimum atomic E-state index is -0.117. The Bertz CT molecular complexity index is 1060. The first-order chi connectivity index (χ1) is 13.1. The summed E-state index contributed by atoms with van der Waals surface area (Å²) < 4.78 is 0.888. The van der Waals surface area contributed by atoms with Crippen molar-refractivity contribution in [2.24, 2.45) is 0 Å². The highest BCUT2D eigenvalue weighted by molar-refractivity contribution is 7.23. The molecule has 0 N–H and O–H groups in total. The van der Waals surface area contributed by atoms with Crippen molar-refractivity contribution >= 4 is 44.2 Å². The molecule has 0 saturated heterocycles. The number of anilines is 1. The van der Waals surface area contributed by atoms with Gasteiger partial charge in [-0.05, 0) is 42.8 Å². The summed E-state index contributed by atoms with van der Waals surface area (Å²) in [6, 6.07) is 18.7. The van der Waals surface area contributed by atoms with Crippen molar-refractivity contribution in [3.8, 4) is 0 Å². The van der Waals surface area contributed by atoms with E-state index in [1.807, 2.05) is 55.5 Å². The molecule has 0 fully saturated rings. The molecule has 6 heteroatoms. The van der Waals surface area contributed by atoms with Gasteiger partial charge in [-0.2, -0.15) is 0 Å². The Labute approximate surface area is 166 Å². The predicted octanol–water partition coefficient (Wildman–Crippen LogP) is 5.50. The summed E-state index contributed by atoms with van der Waals surface area (Å²) in [7, 11) is 0. The van der Waals surface area contributed by atoms with Crippen molar-refractivity contribution < 1.29 is 4.79 Å². The largest absolute Gasteiger partial charge is 0.278 e. The van der Waals surface area contributed by atoms with Gasteiger partial charge in [-0.25, -0.2) is 4.98 Å². The van der Waals surface area contributed by atoms with E-state index < -0.39 is 0 Å². The Kier molecular flexibility index (Phi) is 4.88. The number of nitrogens with zero attached hydrogens (tertiary/aromatic N) is 3. The number of hydrogen-bond acceptors (Lipinski definition) is 4. The van der Waals surface area contributed by atoms with Crippen LogP contribution in [-0.2, 0) is 6.54 Å². The summed E-state index contributed by atoms with van der Waals surface area (Å²) in [5.41, 5.74) is 3.26. The van der Waals surface area contributed by atoms with Gasteiger partial charge in [-0.3, -0.25) is 14.7 Å². The molecular formula is C21H16ClN3OS. The Balaban J connectivity index is 1.81. The molecule has 0 saturated carbocycles. The van der Waals surface area contributed by atoms with Crippen LogP contribution in [0.4, 0.5) is 5.13 Å². The number of aryl methyl sites for hydroxylation is 1. The van der Waals surface area contributed by atoms with Gasteiger partial charge in [0.1, 0.15) is 0 Å². The predicted molar refractivity (Wildman–Crippen MR) is 111 cm³/mol. The lowest BCUT2D eigenvalue weighted by Crippen LogP contribution is -2.30. The minimum absolute atomic E-state index is 0.117. The number of aromatic nitrogens is 2. The van der Waals surface area contributed by atoms with Crippen LogP contribution in [-0.4, -0.2) is 15.9 Å². The van der Waals surface area contributed by atoms with E-state index in [0.29, 0.717) is 22.3 Å². The van der Waals surface area contributed by atoms with Crippen LogP contribution >= 0.6 is 22.9 Å². The Morgan fingerprint density at radius 2 is 1.85 bits per heavy atom. The van der Waals surface area contributed by atoms with Crippen molar-refractivity contribution in [2.45, 2.75) is 13.5 Å². The van der Waals surface area contributed by atoms with Gasteiger partial charge in [0.05, 0.1) is 27.5 Å². The fourth-order valence-electron chi connectivity index (χ4n) is 2.82. The maximum atomic E-state index is 13.2. The van der Waals surface area contributed by atoms with Crippen molar-refractivity contribution in [1.82, 2.24) is 9.97 Å². The zero-order valence-electron chi connectivity index (χ0n) is 14.6. The lowest BCUT2D eigenvalue weighted by molar-refractivity contribution is 0.0985. The standard InChI is InChI=1S/C21H16ClN3OS/c1-14-10-11-17(22)19-18(14)24-21(27-19)25(13-16-9-5-6-12-23-16)20(26)15-7-3-2-4-8-15/h2-12H,13H2,1H3. The van der Waals surface area contributed by atoms with E-state index >= 15 is 0 Å². The van der Waals surface area contributed by atoms with Gasteiger partial charge in [0.25, 0.3) is 5.91 Å². The number of pyridine rings is 1. The average molecular weight is 394 g/mol. The molecule has 4 aromatic rings. The molecule has 1 amide bonds. The summed E-state index contributed by atoms with van der Waals surface area (Å²) in [6.07, 6.45) is 1.72. The molecule has 2 aromatic heterocycles. The monoisotopic (exact) mass is 393 g/mol. The summed E-state index contributed by atoms with van der Waals surface area (Å²) in [5, 5.41) is 1.25. The minimum Gasteiger partial charge on any atom is -0.278 e. The third-order valence-corrected chi connectivity index (χ3v) is 5.77. The number of rotatable bonds is 4. The highest BCUT2D eigenvalue weighted by Crippen LogP contribution is 2.36. The Morgan fingerprint density at radius 1 is 1.07 bits per heavy atom. The second-order valence-electron chi connectivity index (χ2n) is 6.12. The van der Waals surface area contributed by atoms with Gasteiger partial charge in [0.15, 0.2) is 5.13 Å².